The van der Waals surface area contributed by atoms with Crippen LogP contribution in [0, 0.1) is 5.95 Å². The maximum Gasteiger partial charge on any atom is 0.418 e. The van der Waals surface area contributed by atoms with E-state index in [0.29, 0.717) is 11.0 Å². The first-order chi connectivity index (χ1) is 7.88. The Balaban J connectivity index is 2.63. The average molecular weight is 246 g/mol. The zero-order valence-corrected chi connectivity index (χ0v) is 8.24. The molecule has 4 nitrogen and oxygen atoms in total. The monoisotopic (exact) mass is 246 g/mol. The zero-order valence-electron chi connectivity index (χ0n) is 8.24. The predicted octanol–water partition coefficient (Wildman–Crippen LogP) is 2.01. The summed E-state index contributed by atoms with van der Waals surface area (Å²) in [5.41, 5.74) is 4.09. The van der Waals surface area contributed by atoms with Crippen molar-refractivity contribution in [2.24, 2.45) is 0 Å². The second-order valence-corrected chi connectivity index (χ2v) is 3.23. The van der Waals surface area contributed by atoms with E-state index in [-0.39, 0.29) is 5.69 Å². The van der Waals surface area contributed by atoms with Gasteiger partial charge in [0, 0.05) is 5.69 Å². The van der Waals surface area contributed by atoms with E-state index in [2.05, 4.69) is 10.2 Å². The molecule has 0 radical (unpaired) electrons. The number of anilines is 1. The number of halogens is 4. The summed E-state index contributed by atoms with van der Waals surface area (Å²) in [5.74, 6) is -0.972. The summed E-state index contributed by atoms with van der Waals surface area (Å²) in [7, 11) is 0. The molecule has 17 heavy (non-hydrogen) atoms. The van der Waals surface area contributed by atoms with Crippen molar-refractivity contribution in [1.82, 2.24) is 15.0 Å². The van der Waals surface area contributed by atoms with Crippen molar-refractivity contribution in [1.29, 1.82) is 0 Å². The van der Waals surface area contributed by atoms with Gasteiger partial charge in [0.1, 0.15) is 11.9 Å². The lowest BCUT2D eigenvalue weighted by Crippen LogP contribution is -2.13. The van der Waals surface area contributed by atoms with Crippen molar-refractivity contribution >= 4 is 5.69 Å². The van der Waals surface area contributed by atoms with Gasteiger partial charge in [-0.05, 0) is 18.2 Å². The fraction of sp³-hybridized carbons (Fsp3) is 0.111. The molecule has 8 heteroatoms. The highest BCUT2D eigenvalue weighted by molar-refractivity contribution is 5.52. The maximum atomic E-state index is 12.7. The molecule has 1 heterocycles. The minimum Gasteiger partial charge on any atom is -0.399 e. The number of nitrogen functional groups attached to an aromatic ring is 1. The lowest BCUT2D eigenvalue weighted by molar-refractivity contribution is -0.137. The van der Waals surface area contributed by atoms with Gasteiger partial charge in [-0.2, -0.15) is 22.7 Å². The van der Waals surface area contributed by atoms with E-state index in [1.54, 1.807) is 0 Å². The molecule has 0 aliphatic rings. The third-order valence-electron chi connectivity index (χ3n) is 2.01. The van der Waals surface area contributed by atoms with E-state index in [0.717, 1.165) is 18.2 Å². The predicted molar refractivity (Wildman–Crippen MR) is 50.7 cm³/mol. The van der Waals surface area contributed by atoms with Crippen LogP contribution in [-0.2, 0) is 6.18 Å². The normalized spacial score (nSPS) is 11.8. The van der Waals surface area contributed by atoms with E-state index < -0.39 is 23.4 Å². The van der Waals surface area contributed by atoms with Crippen LogP contribution >= 0.6 is 0 Å². The van der Waals surface area contributed by atoms with Gasteiger partial charge in [0.15, 0.2) is 0 Å². The quantitative estimate of drug-likeness (QED) is 0.618. The third kappa shape index (κ3) is 2.19. The molecular formula is C9H6F4N4. The van der Waals surface area contributed by atoms with Crippen LogP contribution in [0.1, 0.15) is 5.56 Å². The molecule has 0 spiro atoms. The number of nitrogens with zero attached hydrogens (tertiary/aromatic N) is 3. The van der Waals surface area contributed by atoms with E-state index >= 15 is 0 Å². The fourth-order valence-corrected chi connectivity index (χ4v) is 1.31. The third-order valence-corrected chi connectivity index (χ3v) is 2.01. The first kappa shape index (κ1) is 11.4. The minimum absolute atomic E-state index is 0.103. The van der Waals surface area contributed by atoms with Crippen molar-refractivity contribution < 1.29 is 17.6 Å². The first-order valence-corrected chi connectivity index (χ1v) is 4.43. The molecule has 0 amide bonds. The second kappa shape index (κ2) is 3.72. The van der Waals surface area contributed by atoms with Crippen LogP contribution < -0.4 is 5.73 Å². The van der Waals surface area contributed by atoms with E-state index in [1.165, 1.54) is 0 Å². The highest BCUT2D eigenvalue weighted by Gasteiger charge is 2.34. The molecule has 0 atom stereocenters. The lowest BCUT2D eigenvalue weighted by Gasteiger charge is -2.12. The SMILES string of the molecule is Nc1ccc(C(F)(F)F)c(-n2ncc(F)n2)c1. The highest BCUT2D eigenvalue weighted by atomic mass is 19.4. The van der Waals surface area contributed by atoms with Crippen LogP contribution in [0.4, 0.5) is 23.2 Å². The second-order valence-electron chi connectivity index (χ2n) is 3.23. The van der Waals surface area contributed by atoms with Gasteiger partial charge in [-0.25, -0.2) is 0 Å². The Kier molecular flexibility index (Phi) is 2.49. The van der Waals surface area contributed by atoms with Gasteiger partial charge in [-0.3, -0.25) is 0 Å². The Bertz CT molecular complexity index is 546. The van der Waals surface area contributed by atoms with Gasteiger partial charge >= 0.3 is 6.18 Å². The Labute approximate surface area is 92.7 Å². The molecule has 90 valence electrons. The van der Waals surface area contributed by atoms with Crippen molar-refractivity contribution in [2.75, 3.05) is 5.73 Å². The molecule has 0 saturated heterocycles. The number of nitrogens with two attached hydrogens (primary N) is 1. The van der Waals surface area contributed by atoms with E-state index in [4.69, 9.17) is 5.73 Å². The molecule has 2 N–H and O–H groups in total. The van der Waals surface area contributed by atoms with Gasteiger partial charge < -0.3 is 5.73 Å². The molecule has 2 aromatic rings. The number of benzene rings is 1. The Morgan fingerprint density at radius 2 is 1.94 bits per heavy atom. The van der Waals surface area contributed by atoms with E-state index in [9.17, 15) is 17.6 Å². The van der Waals surface area contributed by atoms with Crippen LogP contribution in [0.25, 0.3) is 5.69 Å². The minimum atomic E-state index is -4.59. The summed E-state index contributed by atoms with van der Waals surface area (Å²) >= 11 is 0. The zero-order chi connectivity index (χ0) is 12.6. The first-order valence-electron chi connectivity index (χ1n) is 4.43. The van der Waals surface area contributed by atoms with Crippen molar-refractivity contribution in [2.45, 2.75) is 6.18 Å². The number of hydrogen-bond acceptors (Lipinski definition) is 3. The summed E-state index contributed by atoms with van der Waals surface area (Å²) < 4.78 is 50.6. The van der Waals surface area contributed by atoms with Gasteiger partial charge in [-0.1, -0.05) is 0 Å². The summed E-state index contributed by atoms with van der Waals surface area (Å²) in [5, 5.41) is 6.56. The smallest absolute Gasteiger partial charge is 0.399 e. The lowest BCUT2D eigenvalue weighted by atomic mass is 10.1. The molecule has 1 aromatic carbocycles. The fourth-order valence-electron chi connectivity index (χ4n) is 1.31. The standard InChI is InChI=1S/C9H6F4N4/c10-8-4-15-17(16-8)7-3-5(14)1-2-6(7)9(11,12)13/h1-4H,14H2. The molecule has 0 bridgehead atoms. The Hall–Kier alpha value is -2.12. The van der Waals surface area contributed by atoms with Crippen molar-refractivity contribution in [3.05, 3.63) is 35.9 Å². The highest BCUT2D eigenvalue weighted by Crippen LogP contribution is 2.34. The van der Waals surface area contributed by atoms with Crippen LogP contribution in [0.5, 0.6) is 0 Å². The summed E-state index contributed by atoms with van der Waals surface area (Å²) in [6, 6.07) is 2.93. The van der Waals surface area contributed by atoms with Crippen LogP contribution in [0.15, 0.2) is 24.4 Å². The molecule has 0 saturated carbocycles. The number of hydrogen-bond donors (Lipinski definition) is 1. The summed E-state index contributed by atoms with van der Waals surface area (Å²) in [6.45, 7) is 0. The van der Waals surface area contributed by atoms with E-state index in [1.807, 2.05) is 0 Å². The largest absolute Gasteiger partial charge is 0.418 e. The van der Waals surface area contributed by atoms with Gasteiger partial charge in [0.2, 0.25) is 0 Å². The average Bonchev–Trinajstić information content (AvgIpc) is 2.62. The van der Waals surface area contributed by atoms with Crippen molar-refractivity contribution in [3.63, 3.8) is 0 Å². The van der Waals surface area contributed by atoms with Gasteiger partial charge in [0.25, 0.3) is 5.95 Å². The number of rotatable bonds is 1. The van der Waals surface area contributed by atoms with Crippen molar-refractivity contribution in [3.8, 4) is 5.69 Å². The molecular weight excluding hydrogens is 240 g/mol. The van der Waals surface area contributed by atoms with Crippen LogP contribution in [-0.4, -0.2) is 15.0 Å². The molecule has 2 rings (SSSR count). The van der Waals surface area contributed by atoms with Crippen LogP contribution in [0.3, 0.4) is 0 Å². The molecule has 0 unspecified atom stereocenters. The summed E-state index contributed by atoms with van der Waals surface area (Å²) in [6.07, 6.45) is -3.88. The molecule has 0 aliphatic carbocycles. The van der Waals surface area contributed by atoms with Gasteiger partial charge in [-0.15, -0.1) is 9.90 Å². The Morgan fingerprint density at radius 3 is 2.47 bits per heavy atom. The number of alkyl halides is 3. The Morgan fingerprint density at radius 1 is 1.24 bits per heavy atom. The van der Waals surface area contributed by atoms with Gasteiger partial charge in [0.05, 0.1) is 5.56 Å². The topological polar surface area (TPSA) is 56.7 Å². The number of aromatic nitrogens is 3. The molecule has 0 aliphatic heterocycles. The molecule has 0 fully saturated rings. The molecule has 1 aromatic heterocycles. The maximum absolute atomic E-state index is 12.7. The summed E-state index contributed by atoms with van der Waals surface area (Å²) in [4.78, 5) is 0.550. The van der Waals surface area contributed by atoms with Crippen LogP contribution in [0.2, 0.25) is 0 Å².